The molecule has 1 saturated carbocycles. The molecule has 0 radical (unpaired) electrons. The number of aryl methyl sites for hydroxylation is 1. The molecule has 28 heavy (non-hydrogen) atoms. The van der Waals surface area contributed by atoms with Gasteiger partial charge in [0, 0.05) is 30.3 Å². The maximum absolute atomic E-state index is 12.9. The molecule has 1 N–H and O–H groups in total. The summed E-state index contributed by atoms with van der Waals surface area (Å²) < 4.78 is 77.9. The van der Waals surface area contributed by atoms with Crippen molar-refractivity contribution in [2.75, 3.05) is 6.54 Å². The molecule has 0 saturated heterocycles. The van der Waals surface area contributed by atoms with Crippen LogP contribution in [0.15, 0.2) is 30.3 Å². The second kappa shape index (κ2) is 7.48. The van der Waals surface area contributed by atoms with Crippen molar-refractivity contribution in [1.82, 2.24) is 15.1 Å². The Kier molecular flexibility index (Phi) is 5.40. The number of halogens is 6. The topological polar surface area (TPSA) is 46.9 Å². The second-order valence-corrected chi connectivity index (χ2v) is 6.64. The van der Waals surface area contributed by atoms with Gasteiger partial charge >= 0.3 is 12.4 Å². The zero-order chi connectivity index (χ0) is 20.5. The van der Waals surface area contributed by atoms with Gasteiger partial charge in [-0.2, -0.15) is 31.4 Å². The highest BCUT2D eigenvalue weighted by atomic mass is 19.4. The average molecular weight is 405 g/mol. The fourth-order valence-electron chi connectivity index (χ4n) is 2.83. The van der Waals surface area contributed by atoms with Crippen molar-refractivity contribution in [2.24, 2.45) is 0 Å². The number of benzene rings is 1. The van der Waals surface area contributed by atoms with E-state index in [0.717, 1.165) is 37.1 Å². The van der Waals surface area contributed by atoms with Crippen molar-refractivity contribution < 1.29 is 31.1 Å². The monoisotopic (exact) mass is 405 g/mol. The summed E-state index contributed by atoms with van der Waals surface area (Å²) >= 11 is 0. The van der Waals surface area contributed by atoms with Gasteiger partial charge < -0.3 is 5.32 Å². The first-order valence-electron chi connectivity index (χ1n) is 8.66. The van der Waals surface area contributed by atoms with Crippen molar-refractivity contribution >= 4 is 5.91 Å². The third kappa shape index (κ3) is 4.85. The third-order valence-corrected chi connectivity index (χ3v) is 4.38. The van der Waals surface area contributed by atoms with Gasteiger partial charge in [0.2, 0.25) is 0 Å². The predicted octanol–water partition coefficient (Wildman–Crippen LogP) is 4.62. The van der Waals surface area contributed by atoms with E-state index in [4.69, 9.17) is 0 Å². The van der Waals surface area contributed by atoms with E-state index in [0.29, 0.717) is 12.1 Å². The molecular weight excluding hydrogens is 388 g/mol. The van der Waals surface area contributed by atoms with Crippen LogP contribution in [0.25, 0.3) is 0 Å². The Bertz CT molecular complexity index is 852. The van der Waals surface area contributed by atoms with E-state index in [1.807, 2.05) is 0 Å². The highest BCUT2D eigenvalue weighted by Gasteiger charge is 2.37. The van der Waals surface area contributed by atoms with Gasteiger partial charge in [-0.25, -0.2) is 0 Å². The van der Waals surface area contributed by atoms with E-state index in [9.17, 15) is 31.1 Å². The van der Waals surface area contributed by atoms with E-state index in [-0.39, 0.29) is 24.6 Å². The third-order valence-electron chi connectivity index (χ3n) is 4.38. The van der Waals surface area contributed by atoms with Crippen molar-refractivity contribution in [3.8, 4) is 0 Å². The number of amides is 1. The van der Waals surface area contributed by atoms with Crippen LogP contribution in [0.4, 0.5) is 26.3 Å². The summed E-state index contributed by atoms with van der Waals surface area (Å²) in [6.07, 6.45) is -7.15. The number of hydrogen-bond donors (Lipinski definition) is 1. The van der Waals surface area contributed by atoms with Crippen LogP contribution in [0.1, 0.15) is 52.5 Å². The molecule has 1 fully saturated rings. The van der Waals surface area contributed by atoms with Crippen molar-refractivity contribution in [3.05, 3.63) is 52.8 Å². The summed E-state index contributed by atoms with van der Waals surface area (Å²) in [5, 5.41) is 6.09. The second-order valence-electron chi connectivity index (χ2n) is 6.64. The fraction of sp³-hybridized carbons (Fsp3) is 0.444. The van der Waals surface area contributed by atoms with Crippen molar-refractivity contribution in [2.45, 2.75) is 44.1 Å². The molecule has 0 unspecified atom stereocenters. The van der Waals surface area contributed by atoms with Crippen LogP contribution in [0.3, 0.4) is 0 Å². The Labute approximate surface area is 156 Å². The first-order valence-corrected chi connectivity index (χ1v) is 8.66. The maximum atomic E-state index is 12.9. The Hall–Kier alpha value is -2.52. The molecule has 1 aromatic carbocycles. The molecule has 2 aromatic rings. The van der Waals surface area contributed by atoms with Crippen LogP contribution in [0.5, 0.6) is 0 Å². The Morgan fingerprint density at radius 1 is 1.11 bits per heavy atom. The van der Waals surface area contributed by atoms with Crippen LogP contribution in [-0.4, -0.2) is 22.2 Å². The lowest BCUT2D eigenvalue weighted by molar-refractivity contribution is -0.141. The highest BCUT2D eigenvalue weighted by Crippen LogP contribution is 2.42. The number of aromatic nitrogens is 2. The predicted molar refractivity (Wildman–Crippen MR) is 87.6 cm³/mol. The van der Waals surface area contributed by atoms with Gasteiger partial charge in [-0.3, -0.25) is 9.48 Å². The van der Waals surface area contributed by atoms with Gasteiger partial charge in [0.25, 0.3) is 5.91 Å². The van der Waals surface area contributed by atoms with Crippen molar-refractivity contribution in [3.63, 3.8) is 0 Å². The standard InChI is InChI=1S/C18H17F6N3O/c19-17(20,21)13-4-1-3-12(9-13)16(28)25-7-2-8-27-14(11-5-6-11)10-15(26-27)18(22,23)24/h1,3-4,9-11H,2,5-8H2,(H,25,28). The van der Waals surface area contributed by atoms with Gasteiger partial charge in [0.1, 0.15) is 0 Å². The molecule has 1 aromatic heterocycles. The number of rotatable bonds is 6. The Morgan fingerprint density at radius 2 is 1.82 bits per heavy atom. The van der Waals surface area contributed by atoms with Crippen LogP contribution < -0.4 is 5.32 Å². The normalized spacial score (nSPS) is 14.9. The first kappa shape index (κ1) is 20.2. The Balaban J connectivity index is 1.56. The maximum Gasteiger partial charge on any atom is 0.435 e. The van der Waals surface area contributed by atoms with E-state index in [2.05, 4.69) is 10.4 Å². The summed E-state index contributed by atoms with van der Waals surface area (Å²) in [6, 6.07) is 5.08. The fourth-order valence-corrected chi connectivity index (χ4v) is 2.83. The van der Waals surface area contributed by atoms with Crippen LogP contribution in [0.2, 0.25) is 0 Å². The Morgan fingerprint density at radius 3 is 2.43 bits per heavy atom. The summed E-state index contributed by atoms with van der Waals surface area (Å²) in [6.45, 7) is 0.269. The van der Waals surface area contributed by atoms with Crippen LogP contribution in [-0.2, 0) is 18.9 Å². The van der Waals surface area contributed by atoms with E-state index >= 15 is 0 Å². The molecule has 10 heteroatoms. The van der Waals surface area contributed by atoms with Gasteiger partial charge in [0.05, 0.1) is 5.56 Å². The number of carbonyl (C=O) groups excluding carboxylic acids is 1. The molecular formula is C18H17F6N3O. The summed E-state index contributed by atoms with van der Waals surface area (Å²) in [5.74, 6) is -0.603. The van der Waals surface area contributed by atoms with E-state index < -0.39 is 29.5 Å². The lowest BCUT2D eigenvalue weighted by atomic mass is 10.1. The molecule has 152 valence electrons. The first-order chi connectivity index (χ1) is 13.1. The molecule has 0 aliphatic heterocycles. The number of carbonyl (C=O) groups is 1. The molecule has 1 aliphatic carbocycles. The highest BCUT2D eigenvalue weighted by molar-refractivity contribution is 5.94. The van der Waals surface area contributed by atoms with E-state index in [1.54, 1.807) is 0 Å². The lowest BCUT2D eigenvalue weighted by Crippen LogP contribution is -2.26. The smallest absolute Gasteiger partial charge is 0.352 e. The largest absolute Gasteiger partial charge is 0.435 e. The van der Waals surface area contributed by atoms with Gasteiger partial charge in [0.15, 0.2) is 5.69 Å². The SMILES string of the molecule is O=C(NCCCn1nc(C(F)(F)F)cc1C1CC1)c1cccc(C(F)(F)F)c1. The average Bonchev–Trinajstić information content (AvgIpc) is 3.36. The zero-order valence-electron chi connectivity index (χ0n) is 14.6. The van der Waals surface area contributed by atoms with Crippen molar-refractivity contribution in [1.29, 1.82) is 0 Å². The number of alkyl halides is 6. The van der Waals surface area contributed by atoms with Crippen LogP contribution >= 0.6 is 0 Å². The minimum absolute atomic E-state index is 0.0725. The molecule has 0 bridgehead atoms. The molecule has 1 aliphatic rings. The zero-order valence-corrected chi connectivity index (χ0v) is 14.6. The van der Waals surface area contributed by atoms with Gasteiger partial charge in [-0.1, -0.05) is 6.07 Å². The number of nitrogens with zero attached hydrogens (tertiary/aromatic N) is 2. The van der Waals surface area contributed by atoms with Gasteiger partial charge in [-0.15, -0.1) is 0 Å². The minimum Gasteiger partial charge on any atom is -0.352 e. The molecule has 0 spiro atoms. The van der Waals surface area contributed by atoms with E-state index in [1.165, 1.54) is 10.7 Å². The molecule has 3 rings (SSSR count). The number of nitrogens with one attached hydrogen (secondary N) is 1. The minimum atomic E-state index is -4.55. The number of hydrogen-bond acceptors (Lipinski definition) is 2. The molecule has 0 atom stereocenters. The molecule has 1 heterocycles. The summed E-state index contributed by atoms with van der Waals surface area (Å²) in [5.41, 5.74) is -1.48. The molecule has 4 nitrogen and oxygen atoms in total. The molecule has 1 amide bonds. The van der Waals surface area contributed by atoms with Crippen LogP contribution in [0, 0.1) is 0 Å². The lowest BCUT2D eigenvalue weighted by Gasteiger charge is -2.10. The quantitative estimate of drug-likeness (QED) is 0.563. The summed E-state index contributed by atoms with van der Waals surface area (Å²) in [7, 11) is 0. The van der Waals surface area contributed by atoms with Gasteiger partial charge in [-0.05, 0) is 43.5 Å². The summed E-state index contributed by atoms with van der Waals surface area (Å²) in [4.78, 5) is 12.0.